The molecule has 2 rings (SSSR count). The fourth-order valence-electron chi connectivity index (χ4n) is 2.28. The molecule has 0 saturated heterocycles. The summed E-state index contributed by atoms with van der Waals surface area (Å²) in [4.78, 5) is 0. The molecule has 0 unspecified atom stereocenters. The van der Waals surface area contributed by atoms with Crippen LogP contribution in [0.2, 0.25) is 0 Å². The Balaban J connectivity index is 0.000000771. The lowest BCUT2D eigenvalue weighted by Crippen LogP contribution is -2.19. The van der Waals surface area contributed by atoms with Crippen molar-refractivity contribution in [2.45, 2.75) is 40.0 Å². The van der Waals surface area contributed by atoms with Crippen molar-refractivity contribution < 1.29 is 0 Å². The average Bonchev–Trinajstić information content (AvgIpc) is 2.42. The molecule has 0 aromatic heterocycles. The van der Waals surface area contributed by atoms with E-state index >= 15 is 0 Å². The molecule has 0 heteroatoms. The van der Waals surface area contributed by atoms with Gasteiger partial charge in [-0.05, 0) is 23.6 Å². The van der Waals surface area contributed by atoms with Gasteiger partial charge in [-0.3, -0.25) is 0 Å². The van der Waals surface area contributed by atoms with E-state index in [1.165, 1.54) is 16.7 Å². The topological polar surface area (TPSA) is 0 Å². The van der Waals surface area contributed by atoms with Gasteiger partial charge in [-0.2, -0.15) is 0 Å². The summed E-state index contributed by atoms with van der Waals surface area (Å²) in [5.41, 5.74) is 4.20. The molecule has 2 aromatic rings. The van der Waals surface area contributed by atoms with Crippen LogP contribution in [0.5, 0.6) is 0 Å². The Labute approximate surface area is 112 Å². The molecule has 0 heterocycles. The van der Waals surface area contributed by atoms with Crippen molar-refractivity contribution in [2.24, 2.45) is 0 Å². The minimum absolute atomic E-state index is 0.0760. The highest BCUT2D eigenvalue weighted by Gasteiger charge is 2.23. The van der Waals surface area contributed by atoms with Crippen molar-refractivity contribution in [2.75, 3.05) is 0 Å². The lowest BCUT2D eigenvalue weighted by molar-refractivity contribution is 0.636. The van der Waals surface area contributed by atoms with E-state index in [0.717, 1.165) is 0 Å². The molecule has 0 N–H and O–H groups in total. The molecule has 96 valence electrons. The molecule has 0 aliphatic rings. The molecule has 18 heavy (non-hydrogen) atoms. The first kappa shape index (κ1) is 14.5. The first-order valence-electron chi connectivity index (χ1n) is 6.74. The van der Waals surface area contributed by atoms with Gasteiger partial charge in [-0.25, -0.2) is 0 Å². The first-order chi connectivity index (χ1) is 8.62. The van der Waals surface area contributed by atoms with Gasteiger partial charge in [0, 0.05) is 5.41 Å². The largest absolute Gasteiger partial charge is 0.0683 e. The highest BCUT2D eigenvalue weighted by molar-refractivity contribution is 5.41. The SMILES string of the molecule is CC.Cc1ccccc1C(C)(C)c1ccccc1. The summed E-state index contributed by atoms with van der Waals surface area (Å²) in [7, 11) is 0. The fourth-order valence-corrected chi connectivity index (χ4v) is 2.28. The average molecular weight is 240 g/mol. The van der Waals surface area contributed by atoms with Gasteiger partial charge in [0.1, 0.15) is 0 Å². The minimum Gasteiger partial charge on any atom is -0.0683 e. The maximum absolute atomic E-state index is 2.28. The van der Waals surface area contributed by atoms with Crippen LogP contribution in [0.25, 0.3) is 0 Å². The number of hydrogen-bond acceptors (Lipinski definition) is 0. The monoisotopic (exact) mass is 240 g/mol. The van der Waals surface area contributed by atoms with Gasteiger partial charge >= 0.3 is 0 Å². The van der Waals surface area contributed by atoms with Crippen molar-refractivity contribution in [3.05, 3.63) is 71.3 Å². The van der Waals surface area contributed by atoms with Crippen molar-refractivity contribution in [1.29, 1.82) is 0 Å². The van der Waals surface area contributed by atoms with E-state index < -0.39 is 0 Å². The van der Waals surface area contributed by atoms with Gasteiger partial charge in [0.15, 0.2) is 0 Å². The molecule has 0 nitrogen and oxygen atoms in total. The molecule has 0 aliphatic carbocycles. The standard InChI is InChI=1S/C16H18.C2H6/c1-13-9-7-8-12-15(13)16(2,3)14-10-5-4-6-11-14;1-2/h4-12H,1-3H3;1-2H3. The molecule has 0 bridgehead atoms. The zero-order valence-electron chi connectivity index (χ0n) is 12.2. The van der Waals surface area contributed by atoms with Crippen LogP contribution in [0.4, 0.5) is 0 Å². The quantitative estimate of drug-likeness (QED) is 0.664. The Kier molecular flexibility index (Phi) is 5.15. The van der Waals surface area contributed by atoms with Crippen LogP contribution in [-0.2, 0) is 5.41 Å². The van der Waals surface area contributed by atoms with Gasteiger partial charge in [0.05, 0.1) is 0 Å². The summed E-state index contributed by atoms with van der Waals surface area (Å²) >= 11 is 0. The maximum Gasteiger partial charge on any atom is 0.0149 e. The molecular formula is C18H24. The van der Waals surface area contributed by atoms with E-state index in [4.69, 9.17) is 0 Å². The summed E-state index contributed by atoms with van der Waals surface area (Å²) < 4.78 is 0. The van der Waals surface area contributed by atoms with E-state index in [1.807, 2.05) is 13.8 Å². The second-order valence-electron chi connectivity index (χ2n) is 4.81. The predicted molar refractivity (Wildman–Crippen MR) is 81.1 cm³/mol. The number of hydrogen-bond donors (Lipinski definition) is 0. The molecule has 0 saturated carbocycles. The molecular weight excluding hydrogens is 216 g/mol. The van der Waals surface area contributed by atoms with Gasteiger partial charge in [0.25, 0.3) is 0 Å². The van der Waals surface area contributed by atoms with E-state index in [-0.39, 0.29) is 5.41 Å². The second kappa shape index (κ2) is 6.39. The van der Waals surface area contributed by atoms with Crippen LogP contribution >= 0.6 is 0 Å². The number of aryl methyl sites for hydroxylation is 1. The Morgan fingerprint density at radius 3 is 1.78 bits per heavy atom. The van der Waals surface area contributed by atoms with Crippen LogP contribution < -0.4 is 0 Å². The molecule has 0 atom stereocenters. The Bertz CT molecular complexity index is 466. The molecule has 0 radical (unpaired) electrons. The maximum atomic E-state index is 2.28. The van der Waals surface area contributed by atoms with Crippen LogP contribution in [0, 0.1) is 6.92 Å². The third-order valence-electron chi connectivity index (χ3n) is 3.31. The highest BCUT2D eigenvalue weighted by Crippen LogP contribution is 2.32. The lowest BCUT2D eigenvalue weighted by Gasteiger charge is -2.27. The summed E-state index contributed by atoms with van der Waals surface area (Å²) in [5, 5.41) is 0. The molecule has 2 aromatic carbocycles. The number of rotatable bonds is 2. The third kappa shape index (κ3) is 3.01. The lowest BCUT2D eigenvalue weighted by atomic mass is 9.76. The first-order valence-corrected chi connectivity index (χ1v) is 6.74. The second-order valence-corrected chi connectivity index (χ2v) is 4.81. The van der Waals surface area contributed by atoms with Crippen molar-refractivity contribution in [1.82, 2.24) is 0 Å². The zero-order chi connectivity index (χ0) is 13.6. The predicted octanol–water partition coefficient (Wildman–Crippen LogP) is 5.35. The summed E-state index contributed by atoms with van der Waals surface area (Å²) in [6.07, 6.45) is 0. The zero-order valence-corrected chi connectivity index (χ0v) is 12.2. The normalized spacial score (nSPS) is 10.5. The van der Waals surface area contributed by atoms with Gasteiger partial charge in [-0.15, -0.1) is 0 Å². The van der Waals surface area contributed by atoms with Crippen molar-refractivity contribution in [3.8, 4) is 0 Å². The van der Waals surface area contributed by atoms with E-state index in [2.05, 4.69) is 75.4 Å². The third-order valence-corrected chi connectivity index (χ3v) is 3.31. The number of benzene rings is 2. The molecule has 0 spiro atoms. The van der Waals surface area contributed by atoms with E-state index in [9.17, 15) is 0 Å². The van der Waals surface area contributed by atoms with Crippen LogP contribution in [0.15, 0.2) is 54.6 Å². The van der Waals surface area contributed by atoms with Crippen molar-refractivity contribution >= 4 is 0 Å². The van der Waals surface area contributed by atoms with Crippen molar-refractivity contribution in [3.63, 3.8) is 0 Å². The Morgan fingerprint density at radius 2 is 1.22 bits per heavy atom. The minimum atomic E-state index is 0.0760. The molecule has 0 aliphatic heterocycles. The molecule has 0 fully saturated rings. The Hall–Kier alpha value is -1.56. The summed E-state index contributed by atoms with van der Waals surface area (Å²) in [6.45, 7) is 10.7. The van der Waals surface area contributed by atoms with Gasteiger partial charge in [0.2, 0.25) is 0 Å². The van der Waals surface area contributed by atoms with E-state index in [1.54, 1.807) is 0 Å². The summed E-state index contributed by atoms with van der Waals surface area (Å²) in [5.74, 6) is 0. The van der Waals surface area contributed by atoms with Gasteiger partial charge < -0.3 is 0 Å². The molecule has 0 amide bonds. The Morgan fingerprint density at radius 1 is 0.722 bits per heavy atom. The highest BCUT2D eigenvalue weighted by atomic mass is 14.3. The van der Waals surface area contributed by atoms with E-state index in [0.29, 0.717) is 0 Å². The van der Waals surface area contributed by atoms with Gasteiger partial charge in [-0.1, -0.05) is 82.3 Å². The van der Waals surface area contributed by atoms with Crippen LogP contribution in [0.3, 0.4) is 0 Å². The fraction of sp³-hybridized carbons (Fsp3) is 0.333. The van der Waals surface area contributed by atoms with Crippen LogP contribution in [0.1, 0.15) is 44.4 Å². The summed E-state index contributed by atoms with van der Waals surface area (Å²) in [6, 6.07) is 19.3. The van der Waals surface area contributed by atoms with Crippen LogP contribution in [-0.4, -0.2) is 0 Å². The smallest absolute Gasteiger partial charge is 0.0149 e.